The number of fused-ring (bicyclic) bond motifs is 4. The number of benzene rings is 2. The zero-order chi connectivity index (χ0) is 24.0. The predicted octanol–water partition coefficient (Wildman–Crippen LogP) is 3.47. The molecule has 5 rings (SSSR count). The van der Waals surface area contributed by atoms with Crippen molar-refractivity contribution in [3.05, 3.63) is 59.7 Å². The Morgan fingerprint density at radius 1 is 0.618 bits per heavy atom. The molecule has 2 saturated heterocycles. The Labute approximate surface area is 199 Å². The fourth-order valence-corrected chi connectivity index (χ4v) is 5.77. The number of amides is 4. The van der Waals surface area contributed by atoms with Crippen molar-refractivity contribution in [3.8, 4) is 11.1 Å². The second-order valence-electron chi connectivity index (χ2n) is 9.77. The van der Waals surface area contributed by atoms with Gasteiger partial charge in [0.05, 0.1) is 23.7 Å². The van der Waals surface area contributed by atoms with E-state index in [-0.39, 0.29) is 23.6 Å². The SMILES string of the molecule is CCCCc1ccc(-c2ccc(CCCN3C(=O)C4C5C(=O)N(C)C(=O)C5C4C3=O)cc2)cc1. The van der Waals surface area contributed by atoms with Gasteiger partial charge < -0.3 is 0 Å². The lowest BCUT2D eigenvalue weighted by molar-refractivity contribution is -0.146. The first kappa shape index (κ1) is 22.5. The summed E-state index contributed by atoms with van der Waals surface area (Å²) in [7, 11) is 1.43. The largest absolute Gasteiger partial charge is 0.285 e. The Kier molecular flexibility index (Phi) is 5.84. The van der Waals surface area contributed by atoms with E-state index in [1.807, 2.05) is 0 Å². The van der Waals surface area contributed by atoms with Gasteiger partial charge in [0.1, 0.15) is 0 Å². The Balaban J connectivity index is 1.16. The van der Waals surface area contributed by atoms with Gasteiger partial charge in [0, 0.05) is 13.6 Å². The highest BCUT2D eigenvalue weighted by Gasteiger charge is 2.72. The van der Waals surface area contributed by atoms with Crippen molar-refractivity contribution in [2.75, 3.05) is 13.6 Å². The number of likely N-dealkylation sites (tertiary alicyclic amines) is 2. The number of carbonyl (C=O) groups excluding carboxylic acids is 4. The fourth-order valence-electron chi connectivity index (χ4n) is 5.77. The summed E-state index contributed by atoms with van der Waals surface area (Å²) in [6.45, 7) is 2.53. The van der Waals surface area contributed by atoms with Crippen LogP contribution in [0.5, 0.6) is 0 Å². The predicted molar refractivity (Wildman–Crippen MR) is 127 cm³/mol. The molecule has 0 bridgehead atoms. The van der Waals surface area contributed by atoms with Crippen LogP contribution in [0.15, 0.2) is 48.5 Å². The number of carbonyl (C=O) groups is 4. The molecule has 0 aromatic heterocycles. The molecule has 3 aliphatic rings. The van der Waals surface area contributed by atoms with Crippen LogP contribution in [0.3, 0.4) is 0 Å². The highest BCUT2D eigenvalue weighted by atomic mass is 16.2. The molecule has 4 atom stereocenters. The molecule has 2 heterocycles. The number of rotatable bonds is 8. The summed E-state index contributed by atoms with van der Waals surface area (Å²) in [6, 6.07) is 17.1. The molecule has 0 spiro atoms. The van der Waals surface area contributed by atoms with Crippen LogP contribution in [0, 0.1) is 23.7 Å². The van der Waals surface area contributed by atoms with E-state index in [0.29, 0.717) is 13.0 Å². The number of hydrogen-bond donors (Lipinski definition) is 0. The Morgan fingerprint density at radius 3 is 1.47 bits per heavy atom. The average Bonchev–Trinajstić information content (AvgIpc) is 3.14. The quantitative estimate of drug-likeness (QED) is 0.568. The third-order valence-electron chi connectivity index (χ3n) is 7.79. The first-order valence-corrected chi connectivity index (χ1v) is 12.3. The summed E-state index contributed by atoms with van der Waals surface area (Å²) in [6.07, 6.45) is 4.92. The van der Waals surface area contributed by atoms with Crippen LogP contribution in [-0.4, -0.2) is 47.0 Å². The number of aryl methyl sites for hydroxylation is 2. The van der Waals surface area contributed by atoms with Crippen LogP contribution in [0.4, 0.5) is 0 Å². The summed E-state index contributed by atoms with van der Waals surface area (Å²) < 4.78 is 0. The van der Waals surface area contributed by atoms with Gasteiger partial charge in [-0.3, -0.25) is 29.0 Å². The minimum atomic E-state index is -0.647. The molecule has 0 radical (unpaired) electrons. The van der Waals surface area contributed by atoms with Crippen molar-refractivity contribution < 1.29 is 19.2 Å². The lowest BCUT2D eigenvalue weighted by atomic mass is 9.59. The van der Waals surface area contributed by atoms with Gasteiger partial charge >= 0.3 is 0 Å². The van der Waals surface area contributed by atoms with Gasteiger partial charge in [0.15, 0.2) is 0 Å². The molecule has 176 valence electrons. The van der Waals surface area contributed by atoms with E-state index in [1.165, 1.54) is 35.9 Å². The monoisotopic (exact) mass is 458 g/mol. The molecule has 2 aromatic carbocycles. The summed E-state index contributed by atoms with van der Waals surface area (Å²) in [5, 5.41) is 0. The normalized spacial score (nSPS) is 25.6. The second-order valence-corrected chi connectivity index (χ2v) is 9.77. The molecule has 6 nitrogen and oxygen atoms in total. The van der Waals surface area contributed by atoms with E-state index in [1.54, 1.807) is 0 Å². The number of nitrogens with zero attached hydrogens (tertiary/aromatic N) is 2. The van der Waals surface area contributed by atoms with E-state index < -0.39 is 23.7 Å². The zero-order valence-electron chi connectivity index (χ0n) is 19.7. The Bertz CT molecular complexity index is 1100. The molecule has 2 aliphatic heterocycles. The van der Waals surface area contributed by atoms with E-state index in [0.717, 1.165) is 28.9 Å². The highest BCUT2D eigenvalue weighted by molar-refractivity contribution is 6.17. The summed E-state index contributed by atoms with van der Waals surface area (Å²) in [5.74, 6) is -3.80. The lowest BCUT2D eigenvalue weighted by Gasteiger charge is -2.36. The van der Waals surface area contributed by atoms with Crippen LogP contribution in [0.2, 0.25) is 0 Å². The molecular weight excluding hydrogens is 428 g/mol. The first-order chi connectivity index (χ1) is 16.4. The molecule has 2 aromatic rings. The molecular formula is C28H30N2O4. The van der Waals surface area contributed by atoms with Crippen molar-refractivity contribution in [3.63, 3.8) is 0 Å². The number of hydrogen-bond acceptors (Lipinski definition) is 4. The maximum Gasteiger partial charge on any atom is 0.233 e. The first-order valence-electron chi connectivity index (χ1n) is 12.3. The van der Waals surface area contributed by atoms with Gasteiger partial charge in [0.2, 0.25) is 23.6 Å². The van der Waals surface area contributed by atoms with Gasteiger partial charge in [-0.1, -0.05) is 61.9 Å². The van der Waals surface area contributed by atoms with Gasteiger partial charge in [-0.15, -0.1) is 0 Å². The maximum atomic E-state index is 12.8. The van der Waals surface area contributed by atoms with E-state index in [2.05, 4.69) is 55.5 Å². The van der Waals surface area contributed by atoms with Gasteiger partial charge in [-0.25, -0.2) is 0 Å². The van der Waals surface area contributed by atoms with Crippen LogP contribution < -0.4 is 0 Å². The van der Waals surface area contributed by atoms with Gasteiger partial charge in [0.25, 0.3) is 0 Å². The third-order valence-corrected chi connectivity index (χ3v) is 7.79. The molecule has 1 saturated carbocycles. The van der Waals surface area contributed by atoms with Crippen LogP contribution in [0.25, 0.3) is 11.1 Å². The lowest BCUT2D eigenvalue weighted by Crippen LogP contribution is -2.50. The Morgan fingerprint density at radius 2 is 1.03 bits per heavy atom. The van der Waals surface area contributed by atoms with E-state index in [4.69, 9.17) is 0 Å². The van der Waals surface area contributed by atoms with Crippen molar-refractivity contribution >= 4 is 23.6 Å². The molecule has 0 N–H and O–H groups in total. The van der Waals surface area contributed by atoms with Gasteiger partial charge in [-0.05, 0) is 47.9 Å². The third kappa shape index (κ3) is 3.56. The number of imide groups is 2. The smallest absolute Gasteiger partial charge is 0.233 e. The standard InChI is InChI=1S/C28H30N2O4/c1-3-4-6-17-8-12-19(13-9-17)20-14-10-18(11-15-20)7-5-16-30-27(33)23-21-22(24(23)28(30)34)26(32)29(2)25(21)31/h8-15,21-24H,3-7,16H2,1-2H3. The van der Waals surface area contributed by atoms with Crippen molar-refractivity contribution in [2.45, 2.75) is 39.0 Å². The Hall–Kier alpha value is -3.28. The average molecular weight is 459 g/mol. The van der Waals surface area contributed by atoms with E-state index in [9.17, 15) is 19.2 Å². The fraction of sp³-hybridized carbons (Fsp3) is 0.429. The molecule has 4 amide bonds. The van der Waals surface area contributed by atoms with Crippen molar-refractivity contribution in [1.29, 1.82) is 0 Å². The molecule has 4 unspecified atom stereocenters. The summed E-state index contributed by atoms with van der Waals surface area (Å²) >= 11 is 0. The van der Waals surface area contributed by atoms with Crippen LogP contribution in [0.1, 0.15) is 37.3 Å². The highest BCUT2D eigenvalue weighted by Crippen LogP contribution is 2.56. The topological polar surface area (TPSA) is 74.8 Å². The molecule has 1 aliphatic carbocycles. The van der Waals surface area contributed by atoms with Crippen LogP contribution >= 0.6 is 0 Å². The number of unbranched alkanes of at least 4 members (excludes halogenated alkanes) is 1. The second kappa shape index (κ2) is 8.82. The zero-order valence-corrected chi connectivity index (χ0v) is 19.7. The molecule has 34 heavy (non-hydrogen) atoms. The maximum absolute atomic E-state index is 12.8. The summed E-state index contributed by atoms with van der Waals surface area (Å²) in [4.78, 5) is 52.6. The van der Waals surface area contributed by atoms with Crippen LogP contribution in [-0.2, 0) is 32.0 Å². The minimum Gasteiger partial charge on any atom is -0.285 e. The molecule has 3 fully saturated rings. The van der Waals surface area contributed by atoms with Gasteiger partial charge in [-0.2, -0.15) is 0 Å². The van der Waals surface area contributed by atoms with Crippen molar-refractivity contribution in [2.24, 2.45) is 23.7 Å². The summed E-state index contributed by atoms with van der Waals surface area (Å²) in [5.41, 5.74) is 4.87. The van der Waals surface area contributed by atoms with Crippen molar-refractivity contribution in [1.82, 2.24) is 9.80 Å². The minimum absolute atomic E-state index is 0.287. The molecule has 6 heteroatoms. The van der Waals surface area contributed by atoms with E-state index >= 15 is 0 Å².